The van der Waals surface area contributed by atoms with Gasteiger partial charge in [0.05, 0.1) is 29.6 Å². The van der Waals surface area contributed by atoms with E-state index in [0.29, 0.717) is 13.2 Å². The number of rotatable bonds is 12. The van der Waals surface area contributed by atoms with Crippen LogP contribution in [0.15, 0.2) is 0 Å². The summed E-state index contributed by atoms with van der Waals surface area (Å²) in [5, 5.41) is 8.76. The largest absolute Gasteiger partial charge is 0.382 e. The van der Waals surface area contributed by atoms with Gasteiger partial charge >= 0.3 is 0 Å². The third-order valence-corrected chi connectivity index (χ3v) is 3.75. The van der Waals surface area contributed by atoms with E-state index < -0.39 is 0 Å². The maximum absolute atomic E-state index is 6.36. The summed E-state index contributed by atoms with van der Waals surface area (Å²) in [6.45, 7) is 8.87. The molecule has 1 heterocycles. The Kier molecular flexibility index (Phi) is 9.67. The Morgan fingerprint density at radius 2 is 2.00 bits per heavy atom. The minimum atomic E-state index is 0.664. The molecular weight excluding hydrogens is 290 g/mol. The topological polar surface area (TPSA) is 48.3 Å². The second-order valence-corrected chi connectivity index (χ2v) is 5.24. The maximum atomic E-state index is 6.36. The first-order chi connectivity index (χ1) is 10.2. The summed E-state index contributed by atoms with van der Waals surface area (Å²) in [5.41, 5.74) is 2.08. The highest BCUT2D eigenvalue weighted by Gasteiger charge is 2.13. The van der Waals surface area contributed by atoms with Gasteiger partial charge < -0.3 is 14.8 Å². The molecule has 1 rings (SSSR count). The van der Waals surface area contributed by atoms with Gasteiger partial charge in [-0.15, -0.1) is 0 Å². The average molecular weight is 318 g/mol. The van der Waals surface area contributed by atoms with Crippen LogP contribution in [0.1, 0.15) is 38.1 Å². The Labute approximate surface area is 132 Å². The summed E-state index contributed by atoms with van der Waals surface area (Å²) in [6.07, 6.45) is 3.01. The Bertz CT molecular complexity index is 397. The van der Waals surface area contributed by atoms with Crippen molar-refractivity contribution in [2.45, 2.75) is 46.2 Å². The van der Waals surface area contributed by atoms with Gasteiger partial charge in [0.2, 0.25) is 0 Å². The van der Waals surface area contributed by atoms with E-state index in [1.165, 1.54) is 0 Å². The zero-order valence-electron chi connectivity index (χ0n) is 13.5. The molecule has 21 heavy (non-hydrogen) atoms. The molecule has 122 valence electrons. The maximum Gasteiger partial charge on any atom is 0.0863 e. The molecule has 6 heteroatoms. The predicted molar refractivity (Wildman–Crippen MR) is 85.9 cm³/mol. The number of nitrogens with zero attached hydrogens (tertiary/aromatic N) is 2. The molecule has 0 unspecified atom stereocenters. The van der Waals surface area contributed by atoms with Crippen molar-refractivity contribution < 1.29 is 9.47 Å². The first-order valence-corrected chi connectivity index (χ1v) is 8.13. The van der Waals surface area contributed by atoms with Crippen LogP contribution in [0.2, 0.25) is 5.02 Å². The molecule has 0 spiro atoms. The lowest BCUT2D eigenvalue weighted by Crippen LogP contribution is -2.18. The van der Waals surface area contributed by atoms with Gasteiger partial charge in [-0.25, -0.2) is 0 Å². The van der Waals surface area contributed by atoms with Gasteiger partial charge in [-0.3, -0.25) is 4.68 Å². The fourth-order valence-electron chi connectivity index (χ4n) is 2.09. The number of nitrogens with one attached hydrogen (secondary N) is 1. The van der Waals surface area contributed by atoms with Crippen molar-refractivity contribution in [2.75, 3.05) is 33.5 Å². The third-order valence-electron chi connectivity index (χ3n) is 3.31. The van der Waals surface area contributed by atoms with Crippen molar-refractivity contribution in [3.63, 3.8) is 0 Å². The Morgan fingerprint density at radius 3 is 2.67 bits per heavy atom. The second kappa shape index (κ2) is 11.0. The Balaban J connectivity index is 2.19. The van der Waals surface area contributed by atoms with Gasteiger partial charge in [-0.05, 0) is 32.7 Å². The van der Waals surface area contributed by atoms with Gasteiger partial charge in [0, 0.05) is 26.8 Å². The standard InChI is InChI=1S/C15H28ClN3O2/c1-4-13-15(16)14(19(5-2)18-13)12-17-8-6-7-9-21-11-10-20-3/h17H,4-12H2,1-3H3. The van der Waals surface area contributed by atoms with E-state index in [0.717, 1.165) is 61.9 Å². The summed E-state index contributed by atoms with van der Waals surface area (Å²) < 4.78 is 12.3. The van der Waals surface area contributed by atoms with E-state index in [4.69, 9.17) is 21.1 Å². The number of hydrogen-bond acceptors (Lipinski definition) is 4. The van der Waals surface area contributed by atoms with Crippen molar-refractivity contribution in [2.24, 2.45) is 0 Å². The van der Waals surface area contributed by atoms with Crippen molar-refractivity contribution in [1.82, 2.24) is 15.1 Å². The smallest absolute Gasteiger partial charge is 0.0863 e. The van der Waals surface area contributed by atoms with Crippen LogP contribution in [0.5, 0.6) is 0 Å². The molecule has 1 N–H and O–H groups in total. The highest BCUT2D eigenvalue weighted by atomic mass is 35.5. The highest BCUT2D eigenvalue weighted by molar-refractivity contribution is 6.31. The third kappa shape index (κ3) is 6.34. The zero-order chi connectivity index (χ0) is 15.5. The van der Waals surface area contributed by atoms with Crippen molar-refractivity contribution in [1.29, 1.82) is 0 Å². The van der Waals surface area contributed by atoms with Gasteiger partial charge in [0.15, 0.2) is 0 Å². The molecule has 0 aliphatic carbocycles. The lowest BCUT2D eigenvalue weighted by Gasteiger charge is -2.08. The molecule has 1 aromatic heterocycles. The number of methoxy groups -OCH3 is 1. The predicted octanol–water partition coefficient (Wildman–Crippen LogP) is 2.65. The lowest BCUT2D eigenvalue weighted by atomic mass is 10.3. The molecule has 0 aromatic carbocycles. The second-order valence-electron chi connectivity index (χ2n) is 4.87. The number of aromatic nitrogens is 2. The quantitative estimate of drug-likeness (QED) is 0.602. The van der Waals surface area contributed by atoms with Gasteiger partial charge in [0.1, 0.15) is 0 Å². The monoisotopic (exact) mass is 317 g/mol. The van der Waals surface area contributed by atoms with Crippen LogP contribution in [0.3, 0.4) is 0 Å². The molecule has 0 atom stereocenters. The molecular formula is C15H28ClN3O2. The van der Waals surface area contributed by atoms with Gasteiger partial charge in [-0.2, -0.15) is 5.10 Å². The van der Waals surface area contributed by atoms with Gasteiger partial charge in [0.25, 0.3) is 0 Å². The van der Waals surface area contributed by atoms with Crippen molar-refractivity contribution in [3.05, 3.63) is 16.4 Å². The van der Waals surface area contributed by atoms with E-state index >= 15 is 0 Å². The first kappa shape index (κ1) is 18.4. The van der Waals surface area contributed by atoms with E-state index in [2.05, 4.69) is 24.3 Å². The normalized spacial score (nSPS) is 11.2. The van der Waals surface area contributed by atoms with Crippen LogP contribution in [0.4, 0.5) is 0 Å². The molecule has 5 nitrogen and oxygen atoms in total. The molecule has 0 radical (unpaired) electrons. The number of hydrogen-bond donors (Lipinski definition) is 1. The Morgan fingerprint density at radius 1 is 1.19 bits per heavy atom. The summed E-state index contributed by atoms with van der Waals surface area (Å²) in [4.78, 5) is 0. The summed E-state index contributed by atoms with van der Waals surface area (Å²) in [7, 11) is 1.68. The first-order valence-electron chi connectivity index (χ1n) is 7.76. The van der Waals surface area contributed by atoms with Crippen LogP contribution in [0.25, 0.3) is 0 Å². The van der Waals surface area contributed by atoms with E-state index in [9.17, 15) is 0 Å². The molecule has 0 saturated heterocycles. The van der Waals surface area contributed by atoms with Crippen LogP contribution in [-0.2, 0) is 29.0 Å². The van der Waals surface area contributed by atoms with Crippen LogP contribution < -0.4 is 5.32 Å². The molecule has 1 aromatic rings. The molecule has 0 aliphatic heterocycles. The molecule has 0 bridgehead atoms. The van der Waals surface area contributed by atoms with Crippen LogP contribution >= 0.6 is 11.6 Å². The summed E-state index contributed by atoms with van der Waals surface area (Å²) in [6, 6.07) is 0. The Hall–Kier alpha value is -0.620. The molecule has 0 saturated carbocycles. The molecule has 0 fully saturated rings. The number of ether oxygens (including phenoxy) is 2. The molecule has 0 aliphatic rings. The summed E-state index contributed by atoms with van der Waals surface area (Å²) >= 11 is 6.36. The van der Waals surface area contributed by atoms with Crippen molar-refractivity contribution >= 4 is 11.6 Å². The zero-order valence-corrected chi connectivity index (χ0v) is 14.2. The van der Waals surface area contributed by atoms with Crippen molar-refractivity contribution in [3.8, 4) is 0 Å². The highest BCUT2D eigenvalue weighted by Crippen LogP contribution is 2.21. The van der Waals surface area contributed by atoms with Gasteiger partial charge in [-0.1, -0.05) is 18.5 Å². The number of aryl methyl sites for hydroxylation is 2. The van der Waals surface area contributed by atoms with Crippen LogP contribution in [0, 0.1) is 0 Å². The number of halogens is 1. The SMILES string of the molecule is CCc1nn(CC)c(CNCCCCOCCOC)c1Cl. The average Bonchev–Trinajstić information content (AvgIpc) is 2.81. The minimum absolute atomic E-state index is 0.664. The molecule has 0 amide bonds. The van der Waals surface area contributed by atoms with E-state index in [1.807, 2.05) is 4.68 Å². The fraction of sp³-hybridized carbons (Fsp3) is 0.800. The fourth-order valence-corrected chi connectivity index (χ4v) is 2.43. The minimum Gasteiger partial charge on any atom is -0.382 e. The van der Waals surface area contributed by atoms with E-state index in [-0.39, 0.29) is 0 Å². The number of unbranched alkanes of at least 4 members (excludes halogenated alkanes) is 1. The lowest BCUT2D eigenvalue weighted by molar-refractivity contribution is 0.0688. The summed E-state index contributed by atoms with van der Waals surface area (Å²) in [5.74, 6) is 0. The van der Waals surface area contributed by atoms with E-state index in [1.54, 1.807) is 7.11 Å². The van der Waals surface area contributed by atoms with Crippen LogP contribution in [-0.4, -0.2) is 43.3 Å².